The fourth-order valence-corrected chi connectivity index (χ4v) is 4.95. The topological polar surface area (TPSA) is 55.4 Å². The summed E-state index contributed by atoms with van der Waals surface area (Å²) < 4.78 is 33.1. The lowest BCUT2D eigenvalue weighted by Gasteiger charge is -2.16. The number of sulfonamides is 1. The number of hydrogen-bond donors (Lipinski definition) is 1. The zero-order valence-electron chi connectivity index (χ0n) is 15.0. The number of benzene rings is 2. The maximum atomic E-state index is 12.5. The summed E-state index contributed by atoms with van der Waals surface area (Å²) in [6, 6.07) is 12.1. The molecule has 1 aliphatic carbocycles. The van der Waals surface area contributed by atoms with E-state index in [9.17, 15) is 8.42 Å². The van der Waals surface area contributed by atoms with E-state index < -0.39 is 10.0 Å². The Morgan fingerprint density at radius 1 is 1.08 bits per heavy atom. The van der Waals surface area contributed by atoms with Crippen molar-refractivity contribution in [3.63, 3.8) is 0 Å². The first kappa shape index (κ1) is 17.8. The van der Waals surface area contributed by atoms with Crippen molar-refractivity contribution < 1.29 is 13.2 Å². The highest BCUT2D eigenvalue weighted by Gasteiger charge is 2.23. The minimum Gasteiger partial charge on any atom is -0.496 e. The van der Waals surface area contributed by atoms with Gasteiger partial charge in [0.2, 0.25) is 10.0 Å². The molecule has 2 aromatic rings. The molecule has 0 unspecified atom stereocenters. The molecule has 0 radical (unpaired) electrons. The predicted octanol–water partition coefficient (Wildman–Crippen LogP) is 3.86. The maximum absolute atomic E-state index is 12.5. The number of nitrogens with one attached hydrogen (secondary N) is 1. The van der Waals surface area contributed by atoms with Crippen molar-refractivity contribution in [3.8, 4) is 5.75 Å². The van der Waals surface area contributed by atoms with Crippen LogP contribution in [0.5, 0.6) is 5.75 Å². The molecule has 1 aliphatic rings. The number of hydrogen-bond acceptors (Lipinski definition) is 3. The summed E-state index contributed by atoms with van der Waals surface area (Å²) in [5.41, 5.74) is 5.12. The third-order valence-corrected chi connectivity index (χ3v) is 6.31. The van der Waals surface area contributed by atoms with Crippen molar-refractivity contribution in [1.82, 2.24) is 0 Å². The third-order valence-electron chi connectivity index (χ3n) is 5.00. The van der Waals surface area contributed by atoms with Gasteiger partial charge in [-0.25, -0.2) is 8.42 Å². The number of anilines is 1. The first-order valence-corrected chi connectivity index (χ1v) is 10.3. The van der Waals surface area contributed by atoms with Gasteiger partial charge in [0.15, 0.2) is 0 Å². The molecule has 4 nitrogen and oxygen atoms in total. The fraction of sp³-hybridized carbons (Fsp3) is 0.400. The molecule has 0 saturated carbocycles. The number of methoxy groups -OCH3 is 1. The number of rotatable bonds is 6. The molecule has 0 atom stereocenters. The molecule has 0 saturated heterocycles. The molecule has 5 heteroatoms. The van der Waals surface area contributed by atoms with Gasteiger partial charge in [0.25, 0.3) is 0 Å². The second-order valence-electron chi connectivity index (χ2n) is 6.84. The number of fused-ring (bicyclic) bond motifs is 1. The number of ether oxygens (including phenoxy) is 1. The van der Waals surface area contributed by atoms with Crippen molar-refractivity contribution in [3.05, 3.63) is 58.7 Å². The van der Waals surface area contributed by atoms with Crippen LogP contribution >= 0.6 is 0 Å². The lowest BCUT2D eigenvalue weighted by atomic mass is 10.0. The normalized spacial score (nSPS) is 14.4. The average molecular weight is 359 g/mol. The fourth-order valence-electron chi connectivity index (χ4n) is 3.65. The van der Waals surface area contributed by atoms with Gasteiger partial charge in [-0.1, -0.05) is 30.3 Å². The molecule has 2 aromatic carbocycles. The van der Waals surface area contributed by atoms with Crippen LogP contribution in [0.25, 0.3) is 0 Å². The van der Waals surface area contributed by atoms with Crippen LogP contribution in [0.15, 0.2) is 36.4 Å². The van der Waals surface area contributed by atoms with Gasteiger partial charge in [-0.15, -0.1) is 0 Å². The smallest absolute Gasteiger partial charge is 0.232 e. The van der Waals surface area contributed by atoms with E-state index in [2.05, 4.69) is 16.9 Å². The van der Waals surface area contributed by atoms with E-state index in [1.54, 1.807) is 13.2 Å². The summed E-state index contributed by atoms with van der Waals surface area (Å²) in [5.74, 6) is 1.27. The molecule has 0 heterocycles. The van der Waals surface area contributed by atoms with Gasteiger partial charge in [0, 0.05) is 5.56 Å². The zero-order chi connectivity index (χ0) is 18.0. The highest BCUT2D eigenvalue weighted by molar-refractivity contribution is 7.92. The van der Waals surface area contributed by atoms with E-state index in [1.807, 2.05) is 32.0 Å². The van der Waals surface area contributed by atoms with Gasteiger partial charge in [0.1, 0.15) is 5.75 Å². The SMILES string of the molecule is COc1c(C)ccc(NS(=O)(=O)CCC2Cc3ccccc3C2)c1C. The lowest BCUT2D eigenvalue weighted by Crippen LogP contribution is -2.20. The Labute approximate surface area is 150 Å². The maximum Gasteiger partial charge on any atom is 0.232 e. The van der Waals surface area contributed by atoms with Crippen molar-refractivity contribution in [2.24, 2.45) is 5.92 Å². The van der Waals surface area contributed by atoms with E-state index in [0.29, 0.717) is 18.0 Å². The lowest BCUT2D eigenvalue weighted by molar-refractivity contribution is 0.409. The molecule has 0 bridgehead atoms. The Kier molecular flexibility index (Phi) is 5.04. The van der Waals surface area contributed by atoms with Crippen LogP contribution in [0.4, 0.5) is 5.69 Å². The summed E-state index contributed by atoms with van der Waals surface area (Å²) in [5, 5.41) is 0. The molecule has 134 valence electrons. The quantitative estimate of drug-likeness (QED) is 0.852. The van der Waals surface area contributed by atoms with Crippen molar-refractivity contribution >= 4 is 15.7 Å². The predicted molar refractivity (Wildman–Crippen MR) is 102 cm³/mol. The molecule has 3 rings (SSSR count). The first-order valence-electron chi connectivity index (χ1n) is 8.61. The van der Waals surface area contributed by atoms with Gasteiger partial charge >= 0.3 is 0 Å². The van der Waals surface area contributed by atoms with Crippen LogP contribution in [-0.2, 0) is 22.9 Å². The van der Waals surface area contributed by atoms with Gasteiger partial charge in [-0.2, -0.15) is 0 Å². The first-order chi connectivity index (χ1) is 11.9. The van der Waals surface area contributed by atoms with Crippen molar-refractivity contribution in [2.75, 3.05) is 17.6 Å². The van der Waals surface area contributed by atoms with Gasteiger partial charge in [-0.3, -0.25) is 4.72 Å². The largest absolute Gasteiger partial charge is 0.496 e. The van der Waals surface area contributed by atoms with Crippen LogP contribution in [0.3, 0.4) is 0 Å². The Balaban J connectivity index is 1.64. The average Bonchev–Trinajstić information content (AvgIpc) is 2.99. The zero-order valence-corrected chi connectivity index (χ0v) is 15.8. The highest BCUT2D eigenvalue weighted by Crippen LogP contribution is 2.31. The molecule has 0 aliphatic heterocycles. The summed E-state index contributed by atoms with van der Waals surface area (Å²) in [6.45, 7) is 3.82. The van der Waals surface area contributed by atoms with Gasteiger partial charge in [0.05, 0.1) is 18.6 Å². The molecule has 1 N–H and O–H groups in total. The van der Waals surface area contributed by atoms with E-state index >= 15 is 0 Å². The second-order valence-corrected chi connectivity index (χ2v) is 8.68. The van der Waals surface area contributed by atoms with Crippen molar-refractivity contribution in [1.29, 1.82) is 0 Å². The van der Waals surface area contributed by atoms with Crippen molar-refractivity contribution in [2.45, 2.75) is 33.1 Å². The van der Waals surface area contributed by atoms with Crippen LogP contribution < -0.4 is 9.46 Å². The molecular weight excluding hydrogens is 334 g/mol. The molecule has 25 heavy (non-hydrogen) atoms. The summed E-state index contributed by atoms with van der Waals surface area (Å²) in [6.07, 6.45) is 2.62. The van der Waals surface area contributed by atoms with Gasteiger partial charge in [-0.05, 0) is 61.8 Å². The molecule has 0 amide bonds. The van der Waals surface area contributed by atoms with Gasteiger partial charge < -0.3 is 4.74 Å². The summed E-state index contributed by atoms with van der Waals surface area (Å²) in [4.78, 5) is 0. The Hall–Kier alpha value is -2.01. The van der Waals surface area contributed by atoms with Crippen LogP contribution in [0.2, 0.25) is 0 Å². The van der Waals surface area contributed by atoms with Crippen LogP contribution in [0, 0.1) is 19.8 Å². The van der Waals surface area contributed by atoms with E-state index in [4.69, 9.17) is 4.74 Å². The minimum atomic E-state index is -3.38. The van der Waals surface area contributed by atoms with E-state index in [-0.39, 0.29) is 5.75 Å². The van der Waals surface area contributed by atoms with Crippen LogP contribution in [0.1, 0.15) is 28.7 Å². The minimum absolute atomic E-state index is 0.140. The van der Waals surface area contributed by atoms with E-state index in [0.717, 1.165) is 29.7 Å². The van der Waals surface area contributed by atoms with Crippen LogP contribution in [-0.4, -0.2) is 21.3 Å². The van der Waals surface area contributed by atoms with E-state index in [1.165, 1.54) is 11.1 Å². The second kappa shape index (κ2) is 7.08. The Morgan fingerprint density at radius 2 is 1.72 bits per heavy atom. The molecule has 0 fully saturated rings. The third kappa shape index (κ3) is 3.98. The molecule has 0 aromatic heterocycles. The monoisotopic (exact) mass is 359 g/mol. The standard InChI is InChI=1S/C20H25NO3S/c1-14-8-9-19(15(2)20(14)24-3)21-25(22,23)11-10-16-12-17-6-4-5-7-18(17)13-16/h4-9,16,21H,10-13H2,1-3H3. The summed E-state index contributed by atoms with van der Waals surface area (Å²) in [7, 11) is -1.77. The molecular formula is C20H25NO3S. The molecule has 0 spiro atoms. The Bertz CT molecular complexity index is 850. The highest BCUT2D eigenvalue weighted by atomic mass is 32.2. The Morgan fingerprint density at radius 3 is 2.32 bits per heavy atom. The summed E-state index contributed by atoms with van der Waals surface area (Å²) >= 11 is 0. The number of aryl methyl sites for hydroxylation is 1.